The molecule has 0 saturated carbocycles. The lowest BCUT2D eigenvalue weighted by Gasteiger charge is -1.98. The molecule has 0 amide bonds. The van der Waals surface area contributed by atoms with Crippen molar-refractivity contribution in [1.82, 2.24) is 9.69 Å². The molecule has 0 aliphatic carbocycles. The Bertz CT molecular complexity index is 568. The van der Waals surface area contributed by atoms with E-state index in [0.717, 1.165) is 0 Å². The van der Waals surface area contributed by atoms with Gasteiger partial charge < -0.3 is 21.3 Å². The van der Waals surface area contributed by atoms with Crippen LogP contribution in [-0.2, 0) is 0 Å². The van der Waals surface area contributed by atoms with E-state index in [1.54, 1.807) is 0 Å². The van der Waals surface area contributed by atoms with E-state index in [-0.39, 0.29) is 32.7 Å². The Morgan fingerprint density at radius 1 is 1.21 bits per heavy atom. The molecule has 0 bridgehead atoms. The number of nitrogens with two attached hydrogens (primary N) is 1. The second-order valence-corrected chi connectivity index (χ2v) is 2.86. The third-order valence-corrected chi connectivity index (χ3v) is 1.96. The topological polar surface area (TPSA) is 120 Å². The molecule has 0 spiro atoms. The molecule has 2 rings (SSSR count). The standard InChI is InChI=1S/C7H8N4O3/c8-4-1-3(12)2-5-6(4)7(9)11(14)10(5)13/h1-2,9,12-14H,8H2. The predicted octanol–water partition coefficient (Wildman–Crippen LogP) is -0.315. The van der Waals surface area contributed by atoms with Crippen molar-refractivity contribution in [3.63, 3.8) is 0 Å². The quantitative estimate of drug-likeness (QED) is 0.293. The monoisotopic (exact) mass is 196 g/mol. The molecule has 1 aromatic carbocycles. The van der Waals surface area contributed by atoms with Crippen molar-refractivity contribution >= 4 is 16.6 Å². The van der Waals surface area contributed by atoms with E-state index in [9.17, 15) is 10.3 Å². The summed E-state index contributed by atoms with van der Waals surface area (Å²) >= 11 is 0. The first-order valence-electron chi connectivity index (χ1n) is 3.71. The van der Waals surface area contributed by atoms with Gasteiger partial charge in [-0.15, -0.1) is 0 Å². The number of hydrogen-bond acceptors (Lipinski definition) is 5. The fraction of sp³-hybridized carbons (Fsp3) is 0. The van der Waals surface area contributed by atoms with Gasteiger partial charge >= 0.3 is 0 Å². The van der Waals surface area contributed by atoms with Crippen LogP contribution in [0, 0.1) is 5.41 Å². The van der Waals surface area contributed by atoms with E-state index < -0.39 is 0 Å². The summed E-state index contributed by atoms with van der Waals surface area (Å²) < 4.78 is 0. The number of fused-ring (bicyclic) bond motifs is 1. The average Bonchev–Trinajstić information content (AvgIpc) is 2.31. The van der Waals surface area contributed by atoms with Crippen molar-refractivity contribution in [2.45, 2.75) is 0 Å². The number of hydrogen-bond donors (Lipinski definition) is 5. The van der Waals surface area contributed by atoms with Gasteiger partial charge in [0.15, 0.2) is 5.49 Å². The number of nitrogen functional groups attached to an aromatic ring is 1. The molecule has 1 heterocycles. The predicted molar refractivity (Wildman–Crippen MR) is 46.2 cm³/mol. The van der Waals surface area contributed by atoms with Gasteiger partial charge in [-0.25, -0.2) is 0 Å². The number of aromatic nitrogens is 2. The summed E-state index contributed by atoms with van der Waals surface area (Å²) in [4.78, 5) is 0.550. The zero-order valence-corrected chi connectivity index (χ0v) is 6.97. The Hall–Kier alpha value is -2.31. The SMILES string of the molecule is N=c1c2c(N)cc(O)cc2n(O)n1O. The van der Waals surface area contributed by atoms with E-state index in [0.29, 0.717) is 4.85 Å². The van der Waals surface area contributed by atoms with Crippen LogP contribution in [0.5, 0.6) is 5.75 Å². The summed E-state index contributed by atoms with van der Waals surface area (Å²) in [5.41, 5.74) is 5.34. The van der Waals surface area contributed by atoms with E-state index in [1.807, 2.05) is 0 Å². The van der Waals surface area contributed by atoms with Crippen molar-refractivity contribution in [3.8, 4) is 5.75 Å². The van der Waals surface area contributed by atoms with Crippen molar-refractivity contribution < 1.29 is 15.5 Å². The normalized spacial score (nSPS) is 10.9. The minimum Gasteiger partial charge on any atom is -0.508 e. The maximum Gasteiger partial charge on any atom is 0.195 e. The first-order chi connectivity index (χ1) is 6.52. The second kappa shape index (κ2) is 2.34. The first kappa shape index (κ1) is 8.30. The molecule has 1 aromatic heterocycles. The van der Waals surface area contributed by atoms with E-state index >= 15 is 0 Å². The molecule has 0 radical (unpaired) electrons. The zero-order chi connectivity index (χ0) is 10.5. The van der Waals surface area contributed by atoms with Gasteiger partial charge in [-0.05, 0) is 0 Å². The van der Waals surface area contributed by atoms with Gasteiger partial charge in [0.05, 0.1) is 5.39 Å². The molecule has 14 heavy (non-hydrogen) atoms. The minimum absolute atomic E-state index is 0.0648. The zero-order valence-electron chi connectivity index (χ0n) is 6.97. The molecule has 0 fully saturated rings. The van der Waals surface area contributed by atoms with Crippen LogP contribution in [0.1, 0.15) is 0 Å². The molecule has 7 nitrogen and oxygen atoms in total. The Labute approximate surface area is 77.2 Å². The van der Waals surface area contributed by atoms with Gasteiger partial charge in [0, 0.05) is 17.8 Å². The largest absolute Gasteiger partial charge is 0.508 e. The van der Waals surface area contributed by atoms with Gasteiger partial charge in [-0.2, -0.15) is 0 Å². The number of phenols is 1. The maximum absolute atomic E-state index is 9.27. The lowest BCUT2D eigenvalue weighted by atomic mass is 10.2. The van der Waals surface area contributed by atoms with Crippen LogP contribution in [-0.4, -0.2) is 25.2 Å². The van der Waals surface area contributed by atoms with Crippen LogP contribution >= 0.6 is 0 Å². The maximum atomic E-state index is 9.27. The third-order valence-electron chi connectivity index (χ3n) is 1.96. The number of anilines is 1. The summed E-state index contributed by atoms with van der Waals surface area (Å²) in [6, 6.07) is 2.43. The minimum atomic E-state index is -0.347. The van der Waals surface area contributed by atoms with Gasteiger partial charge in [-0.3, -0.25) is 5.41 Å². The van der Waals surface area contributed by atoms with Gasteiger partial charge in [0.25, 0.3) is 0 Å². The Kier molecular flexibility index (Phi) is 1.39. The van der Waals surface area contributed by atoms with Crippen molar-refractivity contribution in [2.24, 2.45) is 0 Å². The molecule has 0 atom stereocenters. The fourth-order valence-corrected chi connectivity index (χ4v) is 1.35. The highest BCUT2D eigenvalue weighted by Gasteiger charge is 2.12. The smallest absolute Gasteiger partial charge is 0.195 e. The van der Waals surface area contributed by atoms with Crippen molar-refractivity contribution in [2.75, 3.05) is 5.73 Å². The Morgan fingerprint density at radius 3 is 2.50 bits per heavy atom. The van der Waals surface area contributed by atoms with E-state index in [1.165, 1.54) is 12.1 Å². The molecular formula is C7H8N4O3. The number of phenolic OH excluding ortho intramolecular Hbond substituents is 1. The highest BCUT2D eigenvalue weighted by Crippen LogP contribution is 2.23. The molecule has 2 aromatic rings. The molecule has 0 aliphatic heterocycles. The van der Waals surface area contributed by atoms with Gasteiger partial charge in [0.1, 0.15) is 11.3 Å². The van der Waals surface area contributed by atoms with Crippen molar-refractivity contribution in [3.05, 3.63) is 17.6 Å². The highest BCUT2D eigenvalue weighted by atomic mass is 16.6. The van der Waals surface area contributed by atoms with Crippen LogP contribution in [0.15, 0.2) is 12.1 Å². The summed E-state index contributed by atoms with van der Waals surface area (Å²) in [6.45, 7) is 0. The molecule has 0 saturated heterocycles. The lowest BCUT2D eigenvalue weighted by Crippen LogP contribution is -2.19. The fourth-order valence-electron chi connectivity index (χ4n) is 1.35. The van der Waals surface area contributed by atoms with Crippen LogP contribution in [0.2, 0.25) is 0 Å². The van der Waals surface area contributed by atoms with Crippen LogP contribution < -0.4 is 11.2 Å². The van der Waals surface area contributed by atoms with Crippen LogP contribution in [0.25, 0.3) is 10.9 Å². The van der Waals surface area contributed by atoms with E-state index in [2.05, 4.69) is 0 Å². The Balaban J connectivity index is 3.10. The van der Waals surface area contributed by atoms with E-state index in [4.69, 9.17) is 16.4 Å². The number of benzene rings is 1. The summed E-state index contributed by atoms with van der Waals surface area (Å²) in [5.74, 6) is -0.150. The van der Waals surface area contributed by atoms with Crippen molar-refractivity contribution in [1.29, 1.82) is 5.41 Å². The highest BCUT2D eigenvalue weighted by molar-refractivity contribution is 5.91. The number of nitrogens with zero attached hydrogens (tertiary/aromatic N) is 2. The second-order valence-electron chi connectivity index (χ2n) is 2.86. The molecule has 74 valence electrons. The summed E-state index contributed by atoms with van der Waals surface area (Å²) in [5, 5.41) is 35.2. The number of aromatic hydroxyl groups is 1. The first-order valence-corrected chi connectivity index (χ1v) is 3.71. The van der Waals surface area contributed by atoms with Gasteiger partial charge in [-0.1, -0.05) is 9.69 Å². The molecular weight excluding hydrogens is 188 g/mol. The lowest BCUT2D eigenvalue weighted by molar-refractivity contribution is -0.0104. The number of rotatable bonds is 0. The third kappa shape index (κ3) is 0.830. The molecule has 0 aliphatic rings. The average molecular weight is 196 g/mol. The Morgan fingerprint density at radius 2 is 1.86 bits per heavy atom. The van der Waals surface area contributed by atoms with Gasteiger partial charge in [0.2, 0.25) is 0 Å². The summed E-state index contributed by atoms with van der Waals surface area (Å²) in [6.07, 6.45) is 0. The van der Waals surface area contributed by atoms with Crippen LogP contribution in [0.3, 0.4) is 0 Å². The summed E-state index contributed by atoms with van der Waals surface area (Å²) in [7, 11) is 0. The van der Waals surface area contributed by atoms with Crippen LogP contribution in [0.4, 0.5) is 5.69 Å². The molecule has 6 N–H and O–H groups in total. The number of nitrogens with one attached hydrogen (secondary N) is 1. The molecule has 0 unspecified atom stereocenters. The molecule has 7 heteroatoms.